The molecule has 1 N–H and O–H groups in total. The average molecular weight is 358 g/mol. The van der Waals surface area contributed by atoms with Crippen LogP contribution in [-0.2, 0) is 16.0 Å². The van der Waals surface area contributed by atoms with Crippen molar-refractivity contribution in [3.63, 3.8) is 0 Å². The highest BCUT2D eigenvalue weighted by molar-refractivity contribution is 5.77. The second-order valence-corrected chi connectivity index (χ2v) is 7.58. The van der Waals surface area contributed by atoms with Crippen molar-refractivity contribution in [3.8, 4) is 5.75 Å². The summed E-state index contributed by atoms with van der Waals surface area (Å²) in [7, 11) is 1.65. The smallest absolute Gasteiger partial charge is 0.222 e. The molecule has 142 valence electrons. The molecule has 1 saturated heterocycles. The van der Waals surface area contributed by atoms with Crippen molar-refractivity contribution in [1.82, 2.24) is 10.2 Å². The van der Waals surface area contributed by atoms with E-state index >= 15 is 0 Å². The fourth-order valence-electron chi connectivity index (χ4n) is 3.59. The van der Waals surface area contributed by atoms with Crippen LogP contribution in [0.25, 0.3) is 0 Å². The van der Waals surface area contributed by atoms with E-state index in [9.17, 15) is 9.59 Å². The number of nitrogens with zero attached hydrogens (tertiary/aromatic N) is 1. The molecule has 26 heavy (non-hydrogen) atoms. The van der Waals surface area contributed by atoms with Gasteiger partial charge in [0.1, 0.15) is 5.75 Å². The molecule has 1 saturated carbocycles. The number of piperidine rings is 1. The Morgan fingerprint density at radius 3 is 2.62 bits per heavy atom. The van der Waals surface area contributed by atoms with Crippen molar-refractivity contribution in [3.05, 3.63) is 29.8 Å². The van der Waals surface area contributed by atoms with Gasteiger partial charge in [0.15, 0.2) is 0 Å². The molecule has 5 heteroatoms. The van der Waals surface area contributed by atoms with E-state index in [1.54, 1.807) is 7.11 Å². The summed E-state index contributed by atoms with van der Waals surface area (Å²) in [5.74, 6) is 1.70. The van der Waals surface area contributed by atoms with Gasteiger partial charge in [0.25, 0.3) is 0 Å². The Labute approximate surface area is 156 Å². The number of amides is 2. The summed E-state index contributed by atoms with van der Waals surface area (Å²) in [4.78, 5) is 26.4. The number of hydrogen-bond acceptors (Lipinski definition) is 3. The lowest BCUT2D eigenvalue weighted by Gasteiger charge is -2.33. The van der Waals surface area contributed by atoms with Crippen LogP contribution in [0.1, 0.15) is 50.5 Å². The van der Waals surface area contributed by atoms with Gasteiger partial charge in [0.2, 0.25) is 11.8 Å². The number of benzene rings is 1. The van der Waals surface area contributed by atoms with E-state index in [0.717, 1.165) is 62.9 Å². The molecule has 2 aliphatic rings. The molecule has 2 fully saturated rings. The molecule has 5 nitrogen and oxygen atoms in total. The van der Waals surface area contributed by atoms with Gasteiger partial charge in [-0.05, 0) is 62.1 Å². The molecule has 1 aliphatic heterocycles. The summed E-state index contributed by atoms with van der Waals surface area (Å²) in [6, 6.07) is 8.34. The van der Waals surface area contributed by atoms with Crippen molar-refractivity contribution < 1.29 is 14.3 Å². The molecule has 0 spiro atoms. The second kappa shape index (κ2) is 9.06. The average Bonchev–Trinajstić information content (AvgIpc) is 3.49. The predicted octanol–water partition coefficient (Wildman–Crippen LogP) is 2.93. The molecule has 0 radical (unpaired) electrons. The standard InChI is InChI=1S/C21H30N2O3/c1-26-19-10-4-16(5-11-19)7-13-21(25)23-14-2-3-17(15-23)6-12-20(24)22-18-8-9-18/h4-5,10-11,17-18H,2-3,6-9,12-15H2,1H3,(H,22,24). The van der Waals surface area contributed by atoms with Crippen molar-refractivity contribution in [2.75, 3.05) is 20.2 Å². The molecule has 1 aromatic carbocycles. The van der Waals surface area contributed by atoms with Gasteiger partial charge < -0.3 is 15.0 Å². The third kappa shape index (κ3) is 5.75. The number of likely N-dealkylation sites (tertiary alicyclic amines) is 1. The summed E-state index contributed by atoms with van der Waals surface area (Å²) >= 11 is 0. The van der Waals surface area contributed by atoms with Gasteiger partial charge in [-0.1, -0.05) is 12.1 Å². The van der Waals surface area contributed by atoms with Gasteiger partial charge in [-0.25, -0.2) is 0 Å². The van der Waals surface area contributed by atoms with Crippen molar-refractivity contribution in [2.24, 2.45) is 5.92 Å². The number of hydrogen-bond donors (Lipinski definition) is 1. The van der Waals surface area contributed by atoms with Crippen LogP contribution in [0.4, 0.5) is 0 Å². The second-order valence-electron chi connectivity index (χ2n) is 7.58. The Bertz CT molecular complexity index is 610. The molecule has 1 atom stereocenters. The fourth-order valence-corrected chi connectivity index (χ4v) is 3.59. The minimum atomic E-state index is 0.176. The SMILES string of the molecule is COc1ccc(CCC(=O)N2CCCC(CCC(=O)NC3CC3)C2)cc1. The molecule has 2 amide bonds. The Morgan fingerprint density at radius 2 is 1.92 bits per heavy atom. The van der Waals surface area contributed by atoms with Crippen molar-refractivity contribution in [2.45, 2.75) is 57.4 Å². The van der Waals surface area contributed by atoms with Gasteiger partial charge in [0.05, 0.1) is 7.11 Å². The van der Waals surface area contributed by atoms with Crippen LogP contribution in [0.5, 0.6) is 5.75 Å². The molecule has 0 bridgehead atoms. The third-order valence-electron chi connectivity index (χ3n) is 5.38. The zero-order valence-electron chi connectivity index (χ0n) is 15.7. The first kappa shape index (κ1) is 18.7. The zero-order chi connectivity index (χ0) is 18.4. The Kier molecular flexibility index (Phi) is 6.53. The molecular weight excluding hydrogens is 328 g/mol. The highest BCUT2D eigenvalue weighted by Crippen LogP contribution is 2.23. The Morgan fingerprint density at radius 1 is 1.15 bits per heavy atom. The molecule has 3 rings (SSSR count). The highest BCUT2D eigenvalue weighted by Gasteiger charge is 2.26. The highest BCUT2D eigenvalue weighted by atomic mass is 16.5. The van der Waals surface area contributed by atoms with Gasteiger partial charge in [-0.3, -0.25) is 9.59 Å². The van der Waals surface area contributed by atoms with E-state index in [2.05, 4.69) is 5.32 Å². The largest absolute Gasteiger partial charge is 0.497 e. The van der Waals surface area contributed by atoms with E-state index in [1.807, 2.05) is 29.2 Å². The predicted molar refractivity (Wildman–Crippen MR) is 101 cm³/mol. The molecule has 1 heterocycles. The van der Waals surface area contributed by atoms with E-state index in [1.165, 1.54) is 0 Å². The van der Waals surface area contributed by atoms with E-state index < -0.39 is 0 Å². The van der Waals surface area contributed by atoms with Crippen LogP contribution in [0.3, 0.4) is 0 Å². The molecule has 1 aromatic rings. The molecule has 0 aromatic heterocycles. The van der Waals surface area contributed by atoms with Crippen LogP contribution in [-0.4, -0.2) is 43.0 Å². The summed E-state index contributed by atoms with van der Waals surface area (Å²) in [5.41, 5.74) is 1.16. The lowest BCUT2D eigenvalue weighted by molar-refractivity contribution is -0.133. The lowest BCUT2D eigenvalue weighted by Crippen LogP contribution is -2.40. The van der Waals surface area contributed by atoms with E-state index in [0.29, 0.717) is 24.8 Å². The van der Waals surface area contributed by atoms with Gasteiger partial charge in [-0.2, -0.15) is 0 Å². The zero-order valence-corrected chi connectivity index (χ0v) is 15.7. The lowest BCUT2D eigenvalue weighted by atomic mass is 9.93. The molecule has 1 unspecified atom stereocenters. The quantitative estimate of drug-likeness (QED) is 0.777. The van der Waals surface area contributed by atoms with Gasteiger partial charge in [0, 0.05) is 32.0 Å². The summed E-state index contributed by atoms with van der Waals surface area (Å²) in [6.07, 6.45) is 7.21. The molecular formula is C21H30N2O3. The van der Waals surface area contributed by atoms with Crippen molar-refractivity contribution >= 4 is 11.8 Å². The third-order valence-corrected chi connectivity index (χ3v) is 5.38. The maximum Gasteiger partial charge on any atom is 0.222 e. The fraction of sp³-hybridized carbons (Fsp3) is 0.619. The summed E-state index contributed by atoms with van der Waals surface area (Å²) < 4.78 is 5.16. The van der Waals surface area contributed by atoms with E-state index in [-0.39, 0.29) is 11.8 Å². The first-order chi connectivity index (χ1) is 12.6. The van der Waals surface area contributed by atoms with Crippen LogP contribution in [0, 0.1) is 5.92 Å². The van der Waals surface area contributed by atoms with Crippen LogP contribution >= 0.6 is 0 Å². The minimum absolute atomic E-state index is 0.176. The Hall–Kier alpha value is -2.04. The van der Waals surface area contributed by atoms with Crippen LogP contribution in [0.2, 0.25) is 0 Å². The number of rotatable bonds is 8. The first-order valence-electron chi connectivity index (χ1n) is 9.84. The minimum Gasteiger partial charge on any atom is -0.497 e. The number of nitrogens with one attached hydrogen (secondary N) is 1. The summed E-state index contributed by atoms with van der Waals surface area (Å²) in [6.45, 7) is 1.66. The van der Waals surface area contributed by atoms with E-state index in [4.69, 9.17) is 4.74 Å². The van der Waals surface area contributed by atoms with Gasteiger partial charge in [-0.15, -0.1) is 0 Å². The van der Waals surface area contributed by atoms with Crippen LogP contribution < -0.4 is 10.1 Å². The maximum absolute atomic E-state index is 12.6. The number of aryl methyl sites for hydroxylation is 1. The topological polar surface area (TPSA) is 58.6 Å². The first-order valence-corrected chi connectivity index (χ1v) is 9.84. The molecule has 1 aliphatic carbocycles. The number of ether oxygens (including phenoxy) is 1. The Balaban J connectivity index is 1.39. The normalized spacial score (nSPS) is 19.9. The van der Waals surface area contributed by atoms with Gasteiger partial charge >= 0.3 is 0 Å². The van der Waals surface area contributed by atoms with Crippen molar-refractivity contribution in [1.29, 1.82) is 0 Å². The number of carbonyl (C=O) groups excluding carboxylic acids is 2. The monoisotopic (exact) mass is 358 g/mol. The van der Waals surface area contributed by atoms with Crippen LogP contribution in [0.15, 0.2) is 24.3 Å². The number of carbonyl (C=O) groups is 2. The summed E-state index contributed by atoms with van der Waals surface area (Å²) in [5, 5.41) is 3.05. The number of methoxy groups -OCH3 is 1. The maximum atomic E-state index is 12.6.